The smallest absolute Gasteiger partial charge is 0.431 e. The van der Waals surface area contributed by atoms with E-state index >= 15 is 0 Å². The van der Waals surface area contributed by atoms with Crippen molar-refractivity contribution in [2.45, 2.75) is 51.1 Å². The molecule has 0 unspecified atom stereocenters. The molecule has 2 aromatic heterocycles. The van der Waals surface area contributed by atoms with Crippen LogP contribution in [0.25, 0.3) is 11.0 Å². The molecule has 0 atom stereocenters. The first-order valence-electron chi connectivity index (χ1n) is 11.0. The summed E-state index contributed by atoms with van der Waals surface area (Å²) in [6.07, 6.45) is -1.35. The average molecular weight is 448 g/mol. The lowest BCUT2D eigenvalue weighted by atomic mass is 9.91. The summed E-state index contributed by atoms with van der Waals surface area (Å²) in [6, 6.07) is 12.2. The van der Waals surface area contributed by atoms with Crippen LogP contribution in [0.2, 0.25) is 0 Å². The van der Waals surface area contributed by atoms with Crippen molar-refractivity contribution in [3.8, 4) is 5.75 Å². The van der Waals surface area contributed by atoms with Crippen molar-refractivity contribution >= 4 is 11.0 Å². The summed E-state index contributed by atoms with van der Waals surface area (Å²) in [5.74, 6) is 0.856. The molecule has 1 aliphatic rings. The summed E-state index contributed by atoms with van der Waals surface area (Å²) in [4.78, 5) is 6.35. The molecule has 0 spiro atoms. The maximum Gasteiger partial charge on any atom is 0.431 e. The molecule has 0 bridgehead atoms. The van der Waals surface area contributed by atoms with E-state index in [0.717, 1.165) is 28.4 Å². The van der Waals surface area contributed by atoms with Crippen molar-refractivity contribution < 1.29 is 23.0 Å². The van der Waals surface area contributed by atoms with Crippen LogP contribution in [-0.4, -0.2) is 44.9 Å². The van der Waals surface area contributed by atoms with E-state index < -0.39 is 17.5 Å². The SMILES string of the molecule is CCCOc1ccccc1CN1CCC(O)(Cn2c(C(F)(F)F)cc3cccnc32)CC1. The molecule has 172 valence electrons. The number of likely N-dealkylation sites (tertiary alicyclic amines) is 1. The Kier molecular flexibility index (Phi) is 6.44. The van der Waals surface area contributed by atoms with Crippen LogP contribution in [0.15, 0.2) is 48.7 Å². The first kappa shape index (κ1) is 22.6. The highest BCUT2D eigenvalue weighted by molar-refractivity contribution is 5.77. The molecule has 8 heteroatoms. The zero-order valence-corrected chi connectivity index (χ0v) is 18.1. The van der Waals surface area contributed by atoms with E-state index in [-0.39, 0.29) is 12.2 Å². The molecule has 5 nitrogen and oxygen atoms in total. The maximum absolute atomic E-state index is 13.6. The summed E-state index contributed by atoms with van der Waals surface area (Å²) in [5, 5.41) is 11.6. The monoisotopic (exact) mass is 447 g/mol. The number of benzene rings is 1. The average Bonchev–Trinajstić information content (AvgIpc) is 3.13. The molecule has 0 aliphatic carbocycles. The molecule has 1 N–H and O–H groups in total. The lowest BCUT2D eigenvalue weighted by molar-refractivity contribution is -0.145. The predicted octanol–water partition coefficient (Wildman–Crippen LogP) is 4.87. The predicted molar refractivity (Wildman–Crippen MR) is 116 cm³/mol. The zero-order valence-electron chi connectivity index (χ0n) is 18.1. The third-order valence-electron chi connectivity index (χ3n) is 6.01. The van der Waals surface area contributed by atoms with Gasteiger partial charge in [-0.1, -0.05) is 25.1 Å². The molecule has 0 saturated carbocycles. The van der Waals surface area contributed by atoms with E-state index in [2.05, 4.69) is 16.8 Å². The van der Waals surface area contributed by atoms with Crippen molar-refractivity contribution in [3.05, 3.63) is 59.9 Å². The molecule has 3 aromatic rings. The van der Waals surface area contributed by atoms with Crippen LogP contribution in [-0.2, 0) is 19.3 Å². The summed E-state index contributed by atoms with van der Waals surface area (Å²) >= 11 is 0. The number of halogens is 3. The normalized spacial score (nSPS) is 17.0. The maximum atomic E-state index is 13.6. The van der Waals surface area contributed by atoms with Gasteiger partial charge in [-0.15, -0.1) is 0 Å². The number of ether oxygens (including phenoxy) is 1. The zero-order chi connectivity index (χ0) is 22.8. The Morgan fingerprint density at radius 2 is 1.88 bits per heavy atom. The quantitative estimate of drug-likeness (QED) is 0.561. The molecule has 3 heterocycles. The first-order chi connectivity index (χ1) is 15.3. The summed E-state index contributed by atoms with van der Waals surface area (Å²) < 4.78 is 47.9. The Morgan fingerprint density at radius 3 is 2.59 bits per heavy atom. The Hall–Kier alpha value is -2.58. The number of rotatable bonds is 7. The minimum Gasteiger partial charge on any atom is -0.493 e. The van der Waals surface area contributed by atoms with Gasteiger partial charge in [0, 0.05) is 36.8 Å². The Labute approximate surface area is 185 Å². The van der Waals surface area contributed by atoms with Crippen molar-refractivity contribution in [2.24, 2.45) is 0 Å². The van der Waals surface area contributed by atoms with Crippen molar-refractivity contribution in [1.29, 1.82) is 0 Å². The lowest BCUT2D eigenvalue weighted by Gasteiger charge is -2.39. The number of hydrogen-bond donors (Lipinski definition) is 1. The van der Waals surface area contributed by atoms with Gasteiger partial charge in [0.2, 0.25) is 0 Å². The first-order valence-corrected chi connectivity index (χ1v) is 11.0. The van der Waals surface area contributed by atoms with Crippen LogP contribution < -0.4 is 4.74 Å². The summed E-state index contributed by atoms with van der Waals surface area (Å²) in [5.41, 5.74) is -0.675. The molecular weight excluding hydrogens is 419 g/mol. The van der Waals surface area contributed by atoms with Crippen LogP contribution >= 0.6 is 0 Å². The molecule has 1 aromatic carbocycles. The number of fused-ring (bicyclic) bond motifs is 1. The van der Waals surface area contributed by atoms with E-state index in [1.165, 1.54) is 6.20 Å². The molecule has 32 heavy (non-hydrogen) atoms. The Bertz CT molecular complexity index is 1060. The second-order valence-corrected chi connectivity index (χ2v) is 8.49. The largest absolute Gasteiger partial charge is 0.493 e. The molecule has 1 aliphatic heterocycles. The van der Waals surface area contributed by atoms with Crippen LogP contribution in [0.3, 0.4) is 0 Å². The van der Waals surface area contributed by atoms with Gasteiger partial charge in [-0.05, 0) is 43.5 Å². The third kappa shape index (κ3) is 4.91. The van der Waals surface area contributed by atoms with Gasteiger partial charge in [-0.2, -0.15) is 13.2 Å². The van der Waals surface area contributed by atoms with Crippen LogP contribution in [0.1, 0.15) is 37.4 Å². The lowest BCUT2D eigenvalue weighted by Crippen LogP contribution is -2.46. The molecule has 1 saturated heterocycles. The minimum atomic E-state index is -4.51. The van der Waals surface area contributed by atoms with Crippen molar-refractivity contribution in [3.63, 3.8) is 0 Å². The Morgan fingerprint density at radius 1 is 1.12 bits per heavy atom. The standard InChI is InChI=1S/C24H28F3N3O2/c1-2-14-32-20-8-4-3-6-19(20)16-29-12-9-23(31,10-13-29)17-30-21(24(25,26)27)15-18-7-5-11-28-22(18)30/h3-8,11,15,31H,2,9-10,12-14,16-17H2,1H3. The highest BCUT2D eigenvalue weighted by atomic mass is 19.4. The van der Waals surface area contributed by atoms with Gasteiger partial charge in [0.05, 0.1) is 18.8 Å². The van der Waals surface area contributed by atoms with Crippen molar-refractivity contribution in [1.82, 2.24) is 14.5 Å². The Balaban J connectivity index is 1.47. The second kappa shape index (κ2) is 9.11. The molecular formula is C24H28F3N3O2. The number of piperidine rings is 1. The van der Waals surface area contributed by atoms with Gasteiger partial charge in [0.1, 0.15) is 17.1 Å². The van der Waals surface area contributed by atoms with E-state index in [4.69, 9.17) is 4.74 Å². The fraction of sp³-hybridized carbons (Fsp3) is 0.458. The van der Waals surface area contributed by atoms with E-state index in [9.17, 15) is 18.3 Å². The molecule has 0 radical (unpaired) electrons. The molecule has 1 fully saturated rings. The van der Waals surface area contributed by atoms with Crippen LogP contribution in [0.5, 0.6) is 5.75 Å². The fourth-order valence-corrected chi connectivity index (χ4v) is 4.29. The number of aliphatic hydroxyl groups is 1. The van der Waals surface area contributed by atoms with Crippen molar-refractivity contribution in [2.75, 3.05) is 19.7 Å². The highest BCUT2D eigenvalue weighted by Crippen LogP contribution is 2.36. The van der Waals surface area contributed by atoms with Gasteiger partial charge in [-0.3, -0.25) is 4.90 Å². The summed E-state index contributed by atoms with van der Waals surface area (Å²) in [7, 11) is 0. The van der Waals surface area contributed by atoms with Gasteiger partial charge < -0.3 is 14.4 Å². The summed E-state index contributed by atoms with van der Waals surface area (Å²) in [6.45, 7) is 4.43. The van der Waals surface area contributed by atoms with Gasteiger partial charge in [0.15, 0.2) is 0 Å². The van der Waals surface area contributed by atoms with E-state index in [1.54, 1.807) is 12.1 Å². The molecule has 0 amide bonds. The van der Waals surface area contributed by atoms with Gasteiger partial charge in [0.25, 0.3) is 0 Å². The van der Waals surface area contributed by atoms with Crippen LogP contribution in [0, 0.1) is 0 Å². The second-order valence-electron chi connectivity index (χ2n) is 8.49. The number of nitrogens with zero attached hydrogens (tertiary/aromatic N) is 3. The topological polar surface area (TPSA) is 50.5 Å². The molecule has 4 rings (SSSR count). The third-order valence-corrected chi connectivity index (χ3v) is 6.01. The van der Waals surface area contributed by atoms with E-state index in [1.807, 2.05) is 24.3 Å². The van der Waals surface area contributed by atoms with Gasteiger partial charge in [-0.25, -0.2) is 4.98 Å². The number of para-hydroxylation sites is 1. The number of aromatic nitrogens is 2. The number of hydrogen-bond acceptors (Lipinski definition) is 4. The minimum absolute atomic E-state index is 0.133. The highest BCUT2D eigenvalue weighted by Gasteiger charge is 2.39. The van der Waals surface area contributed by atoms with E-state index in [0.29, 0.717) is 44.5 Å². The van der Waals surface area contributed by atoms with Crippen LogP contribution in [0.4, 0.5) is 13.2 Å². The number of pyridine rings is 1. The number of alkyl halides is 3. The fourth-order valence-electron chi connectivity index (χ4n) is 4.29. The van der Waals surface area contributed by atoms with Gasteiger partial charge >= 0.3 is 6.18 Å².